The molecule has 0 aliphatic rings. The average molecular weight is 332 g/mol. The predicted octanol–water partition coefficient (Wildman–Crippen LogP) is 3.56. The second kappa shape index (κ2) is 18.0. The van der Waals surface area contributed by atoms with Crippen molar-refractivity contribution in [2.24, 2.45) is 0 Å². The van der Waals surface area contributed by atoms with Gasteiger partial charge in [-0.05, 0) is 15.8 Å². The molecule has 0 atom stereocenters. The van der Waals surface area contributed by atoms with Crippen molar-refractivity contribution in [1.82, 2.24) is 0 Å². The Bertz CT molecular complexity index is 42.3. The number of halogens is 2. The Labute approximate surface area is 90.4 Å². The number of hydrogen-bond acceptors (Lipinski definition) is 0. The molecule has 0 saturated carbocycles. The third-order valence-electron chi connectivity index (χ3n) is 0. The molecule has 0 amide bonds. The molecular weight excluding hydrogens is 311 g/mol. The first-order chi connectivity index (χ1) is 4.88. The zero-order valence-corrected chi connectivity index (χ0v) is 13.1. The van der Waals surface area contributed by atoms with E-state index in [9.17, 15) is 0 Å². The van der Waals surface area contributed by atoms with Gasteiger partial charge in [-0.2, -0.15) is 0 Å². The summed E-state index contributed by atoms with van der Waals surface area (Å²) in [5, 5.41) is 0. The van der Waals surface area contributed by atoms with E-state index in [0.29, 0.717) is 0 Å². The Morgan fingerprint density at radius 3 is 0.727 bits per heavy atom. The van der Waals surface area contributed by atoms with E-state index in [0.717, 1.165) is 0 Å². The summed E-state index contributed by atoms with van der Waals surface area (Å²) in [4.78, 5) is 0. The predicted molar refractivity (Wildman–Crippen MR) is 63.9 cm³/mol. The van der Waals surface area contributed by atoms with Crippen molar-refractivity contribution in [2.75, 3.05) is 40.0 Å². The van der Waals surface area contributed by atoms with E-state index in [1.54, 1.807) is 0 Å². The minimum absolute atomic E-state index is 0.106. The zero-order valence-electron chi connectivity index (χ0n) is 8.07. The Kier molecular flexibility index (Phi) is 30.8. The van der Waals surface area contributed by atoms with Crippen molar-refractivity contribution >= 4 is 34.9 Å². The van der Waals surface area contributed by atoms with E-state index in [1.165, 1.54) is 0 Å². The summed E-state index contributed by atoms with van der Waals surface area (Å²) < 4.78 is 0. The van der Waals surface area contributed by atoms with Crippen LogP contribution in [0.2, 0.25) is 0 Å². The summed E-state index contributed by atoms with van der Waals surface area (Å²) in [7, 11) is 9.87. The van der Waals surface area contributed by atoms with Gasteiger partial charge < -0.3 is 0 Å². The maximum absolute atomic E-state index is 4.81. The Balaban J connectivity index is -0.0000000886. The topological polar surface area (TPSA) is 0 Å². The standard InChI is InChI=1S/2C3H9P.2ClH.Pd/c2*1-4(2)3;;;/h2*1-3H3;2*1H;/q;;;;+2. The third-order valence-corrected chi connectivity index (χ3v) is 0. The van der Waals surface area contributed by atoms with Gasteiger partial charge in [-0.25, -0.2) is 0 Å². The van der Waals surface area contributed by atoms with Crippen LogP contribution >= 0.6 is 34.9 Å². The quantitative estimate of drug-likeness (QED) is 0.470. The average Bonchev–Trinajstić information content (AvgIpc) is 1.60. The van der Waals surface area contributed by atoms with Crippen LogP contribution in [0, 0.1) is 0 Å². The van der Waals surface area contributed by atoms with Crippen LogP contribution in [0.1, 0.15) is 0 Å². The first-order valence-corrected chi connectivity index (χ1v) is 13.2. The van der Waals surface area contributed by atoms with Crippen molar-refractivity contribution in [3.05, 3.63) is 0 Å². The molecule has 0 aliphatic carbocycles. The zero-order chi connectivity index (χ0) is 9.86. The van der Waals surface area contributed by atoms with E-state index in [1.807, 2.05) is 0 Å². The SMILES string of the molecule is C[PH+](C)C.C[PH+](C)C.[Cl][Pd][Cl]. The van der Waals surface area contributed by atoms with Gasteiger partial charge in [0, 0.05) is 40.0 Å². The van der Waals surface area contributed by atoms with E-state index >= 15 is 0 Å². The van der Waals surface area contributed by atoms with Gasteiger partial charge in [0.05, 0.1) is 0 Å². The van der Waals surface area contributed by atoms with Crippen LogP contribution in [0.5, 0.6) is 0 Å². The molecule has 0 aromatic rings. The first-order valence-electron chi connectivity index (χ1n) is 3.24. The Morgan fingerprint density at radius 2 is 0.727 bits per heavy atom. The fourth-order valence-electron chi connectivity index (χ4n) is 0. The molecule has 0 bridgehead atoms. The van der Waals surface area contributed by atoms with Crippen molar-refractivity contribution < 1.29 is 15.9 Å². The summed E-state index contributed by atoms with van der Waals surface area (Å²) in [6.07, 6.45) is 0. The van der Waals surface area contributed by atoms with Gasteiger partial charge in [-0.3, -0.25) is 0 Å². The van der Waals surface area contributed by atoms with Gasteiger partial charge in [0.1, 0.15) is 0 Å². The molecule has 0 N–H and O–H groups in total. The first kappa shape index (κ1) is 18.8. The molecule has 0 heterocycles. The molecule has 0 aliphatic heterocycles. The van der Waals surface area contributed by atoms with E-state index in [-0.39, 0.29) is 31.8 Å². The molecule has 0 unspecified atom stereocenters. The van der Waals surface area contributed by atoms with Crippen molar-refractivity contribution in [1.29, 1.82) is 0 Å². The second-order valence-electron chi connectivity index (χ2n) is 3.05. The van der Waals surface area contributed by atoms with Crippen molar-refractivity contribution in [3.63, 3.8) is 0 Å². The molecule has 0 aromatic carbocycles. The molecule has 76 valence electrons. The van der Waals surface area contributed by atoms with Crippen LogP contribution in [-0.4, -0.2) is 40.0 Å². The van der Waals surface area contributed by atoms with Gasteiger partial charge in [0.15, 0.2) is 0 Å². The fourth-order valence-corrected chi connectivity index (χ4v) is 0. The Morgan fingerprint density at radius 1 is 0.727 bits per heavy atom. The summed E-state index contributed by atoms with van der Waals surface area (Å²) in [5.41, 5.74) is 0. The third kappa shape index (κ3) is 279. The molecule has 0 fully saturated rings. The van der Waals surface area contributed by atoms with Gasteiger partial charge in [-0.1, -0.05) is 0 Å². The summed E-state index contributed by atoms with van der Waals surface area (Å²) in [5.74, 6) is 0. The molecule has 0 rings (SSSR count). The van der Waals surface area contributed by atoms with Gasteiger partial charge >= 0.3 is 35.0 Å². The molecule has 0 aromatic heterocycles. The summed E-state index contributed by atoms with van der Waals surface area (Å²) >= 11 is -0.106. The molecule has 5 heteroatoms. The van der Waals surface area contributed by atoms with Crippen LogP contribution in [0.25, 0.3) is 0 Å². The Hall–Kier alpha value is 2.10. The van der Waals surface area contributed by atoms with Crippen LogP contribution < -0.4 is 0 Å². The van der Waals surface area contributed by atoms with E-state index in [4.69, 9.17) is 19.1 Å². The van der Waals surface area contributed by atoms with E-state index in [2.05, 4.69) is 40.0 Å². The molecular formula is C6H20Cl2P2Pd+2. The monoisotopic (exact) mass is 330 g/mol. The van der Waals surface area contributed by atoms with E-state index < -0.39 is 0 Å². The van der Waals surface area contributed by atoms with Gasteiger partial charge in [-0.15, -0.1) is 0 Å². The number of rotatable bonds is 0. The molecule has 0 radical (unpaired) electrons. The van der Waals surface area contributed by atoms with Gasteiger partial charge in [0.2, 0.25) is 0 Å². The summed E-state index contributed by atoms with van der Waals surface area (Å²) in [6.45, 7) is 13.6. The minimum atomic E-state index is -0.106. The van der Waals surface area contributed by atoms with Crippen LogP contribution in [0.3, 0.4) is 0 Å². The fraction of sp³-hybridized carbons (Fsp3) is 1.00. The van der Waals surface area contributed by atoms with Crippen LogP contribution in [0.15, 0.2) is 0 Å². The van der Waals surface area contributed by atoms with Crippen molar-refractivity contribution in [3.8, 4) is 0 Å². The second-order valence-corrected chi connectivity index (χ2v) is 11.4. The van der Waals surface area contributed by atoms with Gasteiger partial charge in [0.25, 0.3) is 0 Å². The molecule has 0 saturated heterocycles. The molecule has 0 nitrogen and oxygen atoms in total. The maximum atomic E-state index is 4.81. The van der Waals surface area contributed by atoms with Crippen molar-refractivity contribution in [2.45, 2.75) is 0 Å². The molecule has 0 spiro atoms. The number of hydrogen-bond donors (Lipinski definition) is 0. The van der Waals surface area contributed by atoms with Crippen LogP contribution in [-0.2, 0) is 15.9 Å². The summed E-state index contributed by atoms with van der Waals surface area (Å²) in [6, 6.07) is 0. The molecule has 11 heavy (non-hydrogen) atoms. The van der Waals surface area contributed by atoms with Crippen LogP contribution in [0.4, 0.5) is 0 Å². The normalized spacial score (nSPS) is 8.55.